The third-order valence-corrected chi connectivity index (χ3v) is 6.09. The first-order valence-electron chi connectivity index (χ1n) is 9.95. The number of hydrogen-bond acceptors (Lipinski definition) is 4. The van der Waals surface area contributed by atoms with Crippen molar-refractivity contribution in [2.45, 2.75) is 24.6 Å². The number of hydrogen-bond donors (Lipinski definition) is 1. The van der Waals surface area contributed by atoms with Gasteiger partial charge in [0.15, 0.2) is 5.60 Å². The molecule has 0 fully saturated rings. The van der Waals surface area contributed by atoms with Gasteiger partial charge in [0, 0.05) is 35.8 Å². The van der Waals surface area contributed by atoms with E-state index in [1.165, 1.54) is 44.3 Å². The van der Waals surface area contributed by atoms with Gasteiger partial charge in [0.1, 0.15) is 5.82 Å². The first-order valence-corrected chi connectivity index (χ1v) is 10.3. The Labute approximate surface area is 197 Å². The summed E-state index contributed by atoms with van der Waals surface area (Å²) in [5, 5.41) is 10.8. The van der Waals surface area contributed by atoms with Crippen molar-refractivity contribution in [3.05, 3.63) is 92.6 Å². The molecule has 5 nitrogen and oxygen atoms in total. The lowest BCUT2D eigenvalue weighted by atomic mass is 9.78. The highest BCUT2D eigenvalue weighted by atomic mass is 35.5. The molecule has 1 N–H and O–H groups in total. The lowest BCUT2D eigenvalue weighted by Crippen LogP contribution is -2.47. The molecule has 3 rings (SSSR count). The van der Waals surface area contributed by atoms with Crippen LogP contribution in [0.1, 0.15) is 34.3 Å². The number of pyridine rings is 1. The van der Waals surface area contributed by atoms with Crippen LogP contribution in [-0.4, -0.2) is 28.9 Å². The zero-order chi connectivity index (χ0) is 25.4. The van der Waals surface area contributed by atoms with Crippen LogP contribution in [-0.2, 0) is 17.4 Å². The summed E-state index contributed by atoms with van der Waals surface area (Å²) in [6, 6.07) is 9.71. The van der Waals surface area contributed by atoms with Crippen LogP contribution in [0.5, 0.6) is 0 Å². The largest absolute Gasteiger partial charge is 0.465 e. The lowest BCUT2D eigenvalue weighted by Gasteiger charge is -2.37. The minimum Gasteiger partial charge on any atom is -0.465 e. The fraction of sp³-hybridized carbons (Fsp3) is 0.250. The van der Waals surface area contributed by atoms with Crippen LogP contribution in [0, 0.1) is 5.82 Å². The Morgan fingerprint density at radius 1 is 1.09 bits per heavy atom. The van der Waals surface area contributed by atoms with Crippen LogP contribution in [0.4, 0.5) is 17.6 Å². The molecule has 2 unspecified atom stereocenters. The molecule has 0 aliphatic rings. The highest BCUT2D eigenvalue weighted by Crippen LogP contribution is 2.49. The number of ether oxygens (including phenoxy) is 1. The molecule has 0 radical (unpaired) electrons. The fourth-order valence-corrected chi connectivity index (χ4v) is 4.08. The normalized spacial score (nSPS) is 14.4. The topological polar surface area (TPSA) is 68.5 Å². The Hall–Kier alpha value is -3.17. The van der Waals surface area contributed by atoms with Gasteiger partial charge >= 0.3 is 12.1 Å². The van der Waals surface area contributed by atoms with Crippen molar-refractivity contribution < 1.29 is 32.2 Å². The van der Waals surface area contributed by atoms with Gasteiger partial charge in [0.2, 0.25) is 5.56 Å². The average Bonchev–Trinajstić information content (AvgIpc) is 2.78. The van der Waals surface area contributed by atoms with E-state index in [0.29, 0.717) is 11.1 Å². The number of halogens is 5. The molecule has 0 aliphatic heterocycles. The molecule has 0 spiro atoms. The highest BCUT2D eigenvalue weighted by molar-refractivity contribution is 6.31. The number of rotatable bonds is 5. The quantitative estimate of drug-likeness (QED) is 0.389. The molecule has 10 heteroatoms. The highest BCUT2D eigenvalue weighted by Gasteiger charge is 2.59. The van der Waals surface area contributed by atoms with Crippen molar-refractivity contribution in [2.75, 3.05) is 7.11 Å². The van der Waals surface area contributed by atoms with Crippen LogP contribution >= 0.6 is 11.6 Å². The van der Waals surface area contributed by atoms with Gasteiger partial charge in [0.05, 0.1) is 12.7 Å². The molecule has 1 heterocycles. The van der Waals surface area contributed by atoms with E-state index in [0.717, 1.165) is 36.1 Å². The summed E-state index contributed by atoms with van der Waals surface area (Å²) < 4.78 is 62.2. The molecule has 2 atom stereocenters. The first kappa shape index (κ1) is 25.5. The average molecular weight is 498 g/mol. The van der Waals surface area contributed by atoms with E-state index in [2.05, 4.69) is 4.74 Å². The van der Waals surface area contributed by atoms with Crippen LogP contribution in [0.25, 0.3) is 11.1 Å². The summed E-state index contributed by atoms with van der Waals surface area (Å²) in [4.78, 5) is 23.2. The van der Waals surface area contributed by atoms with E-state index in [9.17, 15) is 32.3 Å². The second kappa shape index (κ2) is 9.23. The van der Waals surface area contributed by atoms with E-state index < -0.39 is 40.6 Å². The minimum atomic E-state index is -5.10. The first-order chi connectivity index (χ1) is 15.8. The maximum atomic E-state index is 14.3. The summed E-state index contributed by atoms with van der Waals surface area (Å²) in [6.45, 7) is 1.17. The Morgan fingerprint density at radius 3 is 2.24 bits per heavy atom. The van der Waals surface area contributed by atoms with E-state index in [-0.39, 0.29) is 16.1 Å². The zero-order valence-corrected chi connectivity index (χ0v) is 19.0. The van der Waals surface area contributed by atoms with Crippen molar-refractivity contribution >= 4 is 17.6 Å². The van der Waals surface area contributed by atoms with Gasteiger partial charge < -0.3 is 14.4 Å². The number of benzene rings is 2. The monoisotopic (exact) mass is 497 g/mol. The second-order valence-corrected chi connectivity index (χ2v) is 8.18. The molecule has 0 amide bonds. The maximum Gasteiger partial charge on any atom is 0.422 e. The van der Waals surface area contributed by atoms with Crippen LogP contribution in [0.2, 0.25) is 5.02 Å². The second-order valence-electron chi connectivity index (χ2n) is 7.78. The predicted octanol–water partition coefficient (Wildman–Crippen LogP) is 5.19. The number of carbonyl (C=O) groups is 1. The molecule has 3 aromatic rings. The summed E-state index contributed by atoms with van der Waals surface area (Å²) in [6.07, 6.45) is -4.17. The van der Waals surface area contributed by atoms with Crippen LogP contribution in [0.15, 0.2) is 59.5 Å². The Morgan fingerprint density at radius 2 is 1.71 bits per heavy atom. The summed E-state index contributed by atoms with van der Waals surface area (Å²) in [7, 11) is 2.40. The molecule has 1 aromatic heterocycles. The van der Waals surface area contributed by atoms with Gasteiger partial charge in [-0.1, -0.05) is 36.7 Å². The van der Waals surface area contributed by atoms with Crippen LogP contribution < -0.4 is 5.56 Å². The van der Waals surface area contributed by atoms with E-state index in [1.54, 1.807) is 0 Å². The maximum absolute atomic E-state index is 14.3. The smallest absolute Gasteiger partial charge is 0.422 e. The standard InChI is InChI=1S/C24H20ClF4NO4/c1-13(23(33,24(27,28)29)16-6-9-21(31)30(2)12-16)17-7-4-14(10-19(17)25)15-5-8-18(20(26)11-15)22(32)34-3/h4-13,33H,1-3H3. The third-order valence-electron chi connectivity index (χ3n) is 5.76. The van der Waals surface area contributed by atoms with Crippen molar-refractivity contribution in [3.63, 3.8) is 0 Å². The molecule has 0 bridgehead atoms. The minimum absolute atomic E-state index is 0.00857. The molecule has 180 valence electrons. The number of aryl methyl sites for hydroxylation is 1. The number of alkyl halides is 3. The number of nitrogens with zero attached hydrogens (tertiary/aromatic N) is 1. The van der Waals surface area contributed by atoms with Crippen LogP contribution in [0.3, 0.4) is 0 Å². The fourth-order valence-electron chi connectivity index (χ4n) is 3.73. The summed E-state index contributed by atoms with van der Waals surface area (Å²) >= 11 is 6.32. The molecule has 34 heavy (non-hydrogen) atoms. The van der Waals surface area contributed by atoms with Gasteiger partial charge in [-0.3, -0.25) is 4.79 Å². The van der Waals surface area contributed by atoms with E-state index >= 15 is 0 Å². The van der Waals surface area contributed by atoms with Gasteiger partial charge in [-0.25, -0.2) is 9.18 Å². The lowest BCUT2D eigenvalue weighted by molar-refractivity contribution is -0.274. The third kappa shape index (κ3) is 4.45. The molecule has 0 saturated heterocycles. The number of carbonyl (C=O) groups excluding carboxylic acids is 1. The Kier molecular flexibility index (Phi) is 6.91. The van der Waals surface area contributed by atoms with Crippen molar-refractivity contribution in [1.82, 2.24) is 4.57 Å². The predicted molar refractivity (Wildman–Crippen MR) is 118 cm³/mol. The zero-order valence-electron chi connectivity index (χ0n) is 18.3. The number of esters is 1. The molecular formula is C24H20ClF4NO4. The van der Waals surface area contributed by atoms with Crippen molar-refractivity contribution in [3.8, 4) is 11.1 Å². The number of aliphatic hydroxyl groups is 1. The molecule has 0 aliphatic carbocycles. The summed E-state index contributed by atoms with van der Waals surface area (Å²) in [5.74, 6) is -3.25. The van der Waals surface area contributed by atoms with Crippen molar-refractivity contribution in [2.24, 2.45) is 7.05 Å². The molecule has 2 aromatic carbocycles. The van der Waals surface area contributed by atoms with Gasteiger partial charge in [0.25, 0.3) is 0 Å². The molecular weight excluding hydrogens is 478 g/mol. The number of methoxy groups -OCH3 is 1. The van der Waals surface area contributed by atoms with E-state index in [4.69, 9.17) is 11.6 Å². The Bertz CT molecular complexity index is 1300. The van der Waals surface area contributed by atoms with Gasteiger partial charge in [-0.15, -0.1) is 0 Å². The summed E-state index contributed by atoms with van der Waals surface area (Å²) in [5.41, 5.74) is -3.97. The van der Waals surface area contributed by atoms with Crippen molar-refractivity contribution in [1.29, 1.82) is 0 Å². The van der Waals surface area contributed by atoms with Gasteiger partial charge in [-0.2, -0.15) is 13.2 Å². The van der Waals surface area contributed by atoms with E-state index in [1.807, 2.05) is 0 Å². The molecule has 0 saturated carbocycles. The number of aromatic nitrogens is 1. The Balaban J connectivity index is 2.06. The SMILES string of the molecule is COC(=O)c1ccc(-c2ccc(C(C)C(O)(c3ccc(=O)n(C)c3)C(F)(F)F)c(Cl)c2)cc1F. The van der Waals surface area contributed by atoms with Gasteiger partial charge in [-0.05, 0) is 41.0 Å².